The Bertz CT molecular complexity index is 951. The molecule has 4 heterocycles. The number of amides is 1. The van der Waals surface area contributed by atoms with Crippen LogP contribution in [0.15, 0.2) is 39.0 Å². The van der Waals surface area contributed by atoms with E-state index in [0.717, 1.165) is 35.1 Å². The van der Waals surface area contributed by atoms with Gasteiger partial charge < -0.3 is 15.2 Å². The van der Waals surface area contributed by atoms with Crippen LogP contribution in [0.5, 0.6) is 0 Å². The maximum atomic E-state index is 13.2. The number of carbonyl (C=O) groups excluding carboxylic acids is 1. The summed E-state index contributed by atoms with van der Waals surface area (Å²) in [4.78, 5) is 17.4. The minimum Gasteiger partial charge on any atom is -0.368 e. The van der Waals surface area contributed by atoms with Gasteiger partial charge in [-0.25, -0.2) is 0 Å². The highest BCUT2D eigenvalue weighted by atomic mass is 35.5. The van der Waals surface area contributed by atoms with Crippen molar-refractivity contribution in [1.82, 2.24) is 10.3 Å². The minimum absolute atomic E-state index is 0.0849. The number of hydrazone groups is 1. The number of carbonyl (C=O) groups is 1. The highest BCUT2D eigenvalue weighted by molar-refractivity contribution is 8.01. The summed E-state index contributed by atoms with van der Waals surface area (Å²) in [5.74, 6) is 1.16. The average Bonchev–Trinajstić information content (AvgIpc) is 3.36. The van der Waals surface area contributed by atoms with E-state index in [1.165, 1.54) is 9.77 Å². The predicted octanol–water partition coefficient (Wildman–Crippen LogP) is 3.78. The van der Waals surface area contributed by atoms with Crippen LogP contribution in [0.4, 0.5) is 5.69 Å². The quantitative estimate of drug-likeness (QED) is 0.784. The Morgan fingerprint density at radius 1 is 1.25 bits per heavy atom. The molecule has 1 saturated heterocycles. The Morgan fingerprint density at radius 2 is 2.07 bits per heavy atom. The number of halogens is 1. The van der Waals surface area contributed by atoms with Crippen LogP contribution < -0.4 is 10.3 Å². The third-order valence-electron chi connectivity index (χ3n) is 5.83. The van der Waals surface area contributed by atoms with E-state index in [-0.39, 0.29) is 17.9 Å². The molecule has 0 spiro atoms. The molecule has 2 unspecified atom stereocenters. The first-order chi connectivity index (χ1) is 13.6. The molecule has 3 aliphatic rings. The van der Waals surface area contributed by atoms with Crippen molar-refractivity contribution in [3.63, 3.8) is 0 Å². The fourth-order valence-electron chi connectivity index (χ4n) is 4.21. The molecule has 1 aromatic carbocycles. The summed E-state index contributed by atoms with van der Waals surface area (Å²) < 4.78 is 1.35. The zero-order chi connectivity index (χ0) is 19.3. The molecule has 5 rings (SSSR count). The number of hydrogen-bond acceptors (Lipinski definition) is 6. The molecular weight excluding hydrogens is 412 g/mol. The molecule has 2 aromatic rings. The third-order valence-corrected chi connectivity index (χ3v) is 8.63. The Hall–Kier alpha value is -1.70. The average molecular weight is 433 g/mol. The van der Waals surface area contributed by atoms with E-state index in [1.54, 1.807) is 11.3 Å². The minimum atomic E-state index is 0.0849. The van der Waals surface area contributed by atoms with Gasteiger partial charge in [-0.15, -0.1) is 23.1 Å². The number of hydrogen-bond donors (Lipinski definition) is 1. The Morgan fingerprint density at radius 3 is 2.89 bits per heavy atom. The van der Waals surface area contributed by atoms with Crippen LogP contribution in [-0.2, 0) is 4.79 Å². The standard InChI is InChI=1S/C20H21ClN4OS2/c1-12-15(21)3-2-4-16(12)24-6-8-25(9-7-24)19(26)18-14-11-28-20-13(5-10-27-20)17(14)22-23-18/h2-5,10,14,17,22H,6-9,11H2,1H3. The van der Waals surface area contributed by atoms with Crippen LogP contribution in [0.2, 0.25) is 5.02 Å². The summed E-state index contributed by atoms with van der Waals surface area (Å²) in [5.41, 5.74) is 7.47. The van der Waals surface area contributed by atoms with Gasteiger partial charge in [0.05, 0.1) is 10.3 Å². The molecule has 0 bridgehead atoms. The molecule has 5 nitrogen and oxygen atoms in total. The van der Waals surface area contributed by atoms with Crippen molar-refractivity contribution in [1.29, 1.82) is 0 Å². The van der Waals surface area contributed by atoms with Crippen LogP contribution in [0.1, 0.15) is 17.2 Å². The summed E-state index contributed by atoms with van der Waals surface area (Å²) >= 11 is 9.90. The van der Waals surface area contributed by atoms with Crippen molar-refractivity contribution in [2.24, 2.45) is 11.0 Å². The van der Waals surface area contributed by atoms with Crippen LogP contribution in [0.25, 0.3) is 0 Å². The van der Waals surface area contributed by atoms with Gasteiger partial charge in [-0.05, 0) is 36.1 Å². The van der Waals surface area contributed by atoms with Crippen molar-refractivity contribution >= 4 is 52.0 Å². The van der Waals surface area contributed by atoms with E-state index in [2.05, 4.69) is 32.9 Å². The number of thiophene rings is 1. The van der Waals surface area contributed by atoms with E-state index in [4.69, 9.17) is 11.6 Å². The van der Waals surface area contributed by atoms with Gasteiger partial charge >= 0.3 is 0 Å². The van der Waals surface area contributed by atoms with Gasteiger partial charge in [0, 0.05) is 54.1 Å². The fraction of sp³-hybridized carbons (Fsp3) is 0.400. The van der Waals surface area contributed by atoms with Gasteiger partial charge in [0.15, 0.2) is 0 Å². The molecule has 146 valence electrons. The summed E-state index contributed by atoms with van der Waals surface area (Å²) in [5, 5.41) is 7.38. The Kier molecular flexibility index (Phi) is 4.77. The van der Waals surface area contributed by atoms with Gasteiger partial charge in [-0.1, -0.05) is 17.7 Å². The SMILES string of the molecule is Cc1c(Cl)cccc1N1CCN(C(=O)C2=NNC3c4ccsc4SCC23)CC1. The normalized spacial score (nSPS) is 23.7. The molecule has 0 radical (unpaired) electrons. The third kappa shape index (κ3) is 3.00. The fourth-order valence-corrected chi connectivity index (χ4v) is 6.73. The molecule has 1 aromatic heterocycles. The number of anilines is 1. The van der Waals surface area contributed by atoms with Crippen molar-refractivity contribution < 1.29 is 4.79 Å². The molecule has 28 heavy (non-hydrogen) atoms. The molecule has 1 N–H and O–H groups in total. The van der Waals surface area contributed by atoms with Gasteiger partial charge in [-0.3, -0.25) is 4.79 Å². The van der Waals surface area contributed by atoms with Crippen LogP contribution in [0.3, 0.4) is 0 Å². The lowest BCUT2D eigenvalue weighted by molar-refractivity contribution is -0.124. The number of thioether (sulfide) groups is 1. The predicted molar refractivity (Wildman–Crippen MR) is 117 cm³/mol. The van der Waals surface area contributed by atoms with Gasteiger partial charge in [0.2, 0.25) is 0 Å². The maximum absolute atomic E-state index is 13.2. The molecule has 8 heteroatoms. The second-order valence-electron chi connectivity index (χ2n) is 7.35. The van der Waals surface area contributed by atoms with Crippen molar-refractivity contribution in [2.75, 3.05) is 36.8 Å². The highest BCUT2D eigenvalue weighted by Crippen LogP contribution is 2.45. The molecule has 3 aliphatic heterocycles. The second kappa shape index (κ2) is 7.28. The van der Waals surface area contributed by atoms with Crippen molar-refractivity contribution in [2.45, 2.75) is 17.2 Å². The summed E-state index contributed by atoms with van der Waals surface area (Å²) in [6.45, 7) is 5.08. The number of piperazine rings is 1. The number of nitrogens with one attached hydrogen (secondary N) is 1. The smallest absolute Gasteiger partial charge is 0.270 e. The first-order valence-corrected chi connectivity index (χ1v) is 11.7. The number of benzene rings is 1. The van der Waals surface area contributed by atoms with E-state index in [9.17, 15) is 4.79 Å². The lowest BCUT2D eigenvalue weighted by atomic mass is 9.92. The Balaban J connectivity index is 1.26. The van der Waals surface area contributed by atoms with Gasteiger partial charge in [0.1, 0.15) is 5.71 Å². The largest absolute Gasteiger partial charge is 0.368 e. The van der Waals surface area contributed by atoms with Gasteiger partial charge in [0.25, 0.3) is 5.91 Å². The summed E-state index contributed by atoms with van der Waals surface area (Å²) in [6, 6.07) is 8.32. The summed E-state index contributed by atoms with van der Waals surface area (Å²) in [7, 11) is 0. The zero-order valence-corrected chi connectivity index (χ0v) is 17.9. The first kappa shape index (κ1) is 18.3. The van der Waals surface area contributed by atoms with Crippen molar-refractivity contribution in [3.8, 4) is 0 Å². The van der Waals surface area contributed by atoms with Crippen LogP contribution in [-0.4, -0.2) is 48.5 Å². The first-order valence-electron chi connectivity index (χ1n) is 9.46. The molecule has 1 fully saturated rings. The van der Waals surface area contributed by atoms with Crippen molar-refractivity contribution in [3.05, 3.63) is 45.8 Å². The number of rotatable bonds is 2. The summed E-state index contributed by atoms with van der Waals surface area (Å²) in [6.07, 6.45) is 0. The Labute approximate surface area is 177 Å². The monoisotopic (exact) mass is 432 g/mol. The van der Waals surface area contributed by atoms with Crippen LogP contribution >= 0.6 is 34.7 Å². The van der Waals surface area contributed by atoms with Gasteiger partial charge in [-0.2, -0.15) is 5.10 Å². The molecule has 2 atom stereocenters. The van der Waals surface area contributed by atoms with Crippen LogP contribution in [0, 0.1) is 12.8 Å². The number of fused-ring (bicyclic) bond motifs is 3. The van der Waals surface area contributed by atoms with E-state index >= 15 is 0 Å². The van der Waals surface area contributed by atoms with E-state index in [0.29, 0.717) is 18.8 Å². The number of nitrogens with zero attached hydrogens (tertiary/aromatic N) is 3. The van der Waals surface area contributed by atoms with E-state index < -0.39 is 0 Å². The topological polar surface area (TPSA) is 47.9 Å². The highest BCUT2D eigenvalue weighted by Gasteiger charge is 2.42. The molecular formula is C20H21ClN4OS2. The molecule has 1 amide bonds. The molecule has 0 aliphatic carbocycles. The van der Waals surface area contributed by atoms with E-state index in [1.807, 2.05) is 35.7 Å². The lowest BCUT2D eigenvalue weighted by Gasteiger charge is -2.37. The maximum Gasteiger partial charge on any atom is 0.270 e. The second-order valence-corrected chi connectivity index (χ2v) is 9.96. The lowest BCUT2D eigenvalue weighted by Crippen LogP contribution is -2.51. The molecule has 0 saturated carbocycles. The zero-order valence-electron chi connectivity index (χ0n) is 15.5.